The van der Waals surface area contributed by atoms with Gasteiger partial charge in [0.15, 0.2) is 0 Å². The number of para-hydroxylation sites is 1. The lowest BCUT2D eigenvalue weighted by Gasteiger charge is -2.07. The summed E-state index contributed by atoms with van der Waals surface area (Å²) in [5.41, 5.74) is 0.395. The summed E-state index contributed by atoms with van der Waals surface area (Å²) in [7, 11) is 0. The standard InChI is InChI=1S/C13H12ClN5O/c1-2-7-16-12-17-11(14)18-13(19-12)20-10-6-4-3-5-9(10)8-15/h3-6H,2,7H2,1H3,(H,16,17,18,19). The maximum absolute atomic E-state index is 9.00. The third kappa shape index (κ3) is 3.56. The van der Waals surface area contributed by atoms with Gasteiger partial charge in [-0.25, -0.2) is 0 Å². The molecular formula is C13H12ClN5O. The highest BCUT2D eigenvalue weighted by Gasteiger charge is 2.09. The molecule has 0 spiro atoms. The SMILES string of the molecule is CCCNc1nc(Cl)nc(Oc2ccccc2C#N)n1. The Morgan fingerprint density at radius 2 is 2.10 bits per heavy atom. The fourth-order valence-corrected chi connectivity index (χ4v) is 1.59. The van der Waals surface area contributed by atoms with Gasteiger partial charge in [-0.05, 0) is 30.2 Å². The van der Waals surface area contributed by atoms with Crippen LogP contribution in [0, 0.1) is 11.3 Å². The number of nitriles is 1. The van der Waals surface area contributed by atoms with Crippen LogP contribution >= 0.6 is 11.6 Å². The molecule has 6 nitrogen and oxygen atoms in total. The van der Waals surface area contributed by atoms with Gasteiger partial charge >= 0.3 is 6.01 Å². The lowest BCUT2D eigenvalue weighted by atomic mass is 10.2. The van der Waals surface area contributed by atoms with Gasteiger partial charge in [-0.2, -0.15) is 20.2 Å². The Bertz CT molecular complexity index is 641. The zero-order chi connectivity index (χ0) is 14.4. The zero-order valence-electron chi connectivity index (χ0n) is 10.8. The monoisotopic (exact) mass is 289 g/mol. The highest BCUT2D eigenvalue weighted by molar-refractivity contribution is 6.28. The average Bonchev–Trinajstić information content (AvgIpc) is 2.45. The number of halogens is 1. The van der Waals surface area contributed by atoms with Crippen molar-refractivity contribution in [1.29, 1.82) is 5.26 Å². The van der Waals surface area contributed by atoms with Crippen molar-refractivity contribution in [3.05, 3.63) is 35.1 Å². The van der Waals surface area contributed by atoms with E-state index >= 15 is 0 Å². The van der Waals surface area contributed by atoms with Gasteiger partial charge in [-0.15, -0.1) is 0 Å². The van der Waals surface area contributed by atoms with Crippen LogP contribution in [-0.2, 0) is 0 Å². The zero-order valence-corrected chi connectivity index (χ0v) is 11.6. The molecule has 20 heavy (non-hydrogen) atoms. The van der Waals surface area contributed by atoms with E-state index in [1.165, 1.54) is 0 Å². The van der Waals surface area contributed by atoms with Gasteiger partial charge in [0.05, 0.1) is 5.56 Å². The Labute approximate surface area is 121 Å². The summed E-state index contributed by atoms with van der Waals surface area (Å²) in [6.07, 6.45) is 0.927. The van der Waals surface area contributed by atoms with E-state index in [0.717, 1.165) is 6.42 Å². The molecule has 0 unspecified atom stereocenters. The van der Waals surface area contributed by atoms with Crippen molar-refractivity contribution < 1.29 is 4.74 Å². The second-order valence-corrected chi connectivity index (χ2v) is 4.19. The van der Waals surface area contributed by atoms with E-state index < -0.39 is 0 Å². The first kappa shape index (κ1) is 14.0. The van der Waals surface area contributed by atoms with Crippen molar-refractivity contribution in [2.45, 2.75) is 13.3 Å². The van der Waals surface area contributed by atoms with E-state index in [4.69, 9.17) is 21.6 Å². The average molecular weight is 290 g/mol. The predicted octanol–water partition coefficient (Wildman–Crippen LogP) is 3.01. The normalized spacial score (nSPS) is 9.85. The highest BCUT2D eigenvalue weighted by atomic mass is 35.5. The number of nitrogens with one attached hydrogen (secondary N) is 1. The number of benzene rings is 1. The van der Waals surface area contributed by atoms with Gasteiger partial charge in [0.25, 0.3) is 0 Å². The van der Waals surface area contributed by atoms with Crippen LogP contribution in [0.1, 0.15) is 18.9 Å². The summed E-state index contributed by atoms with van der Waals surface area (Å²) in [5.74, 6) is 0.718. The quantitative estimate of drug-likeness (QED) is 0.911. The Balaban J connectivity index is 2.25. The Kier molecular flexibility index (Phi) is 4.69. The molecule has 0 fully saturated rings. The number of rotatable bonds is 5. The number of hydrogen-bond donors (Lipinski definition) is 1. The fourth-order valence-electron chi connectivity index (χ4n) is 1.44. The van der Waals surface area contributed by atoms with Gasteiger partial charge in [0.1, 0.15) is 11.8 Å². The number of hydrogen-bond acceptors (Lipinski definition) is 6. The lowest BCUT2D eigenvalue weighted by Crippen LogP contribution is -2.06. The molecule has 1 aromatic heterocycles. The number of aromatic nitrogens is 3. The molecule has 0 aliphatic heterocycles. The summed E-state index contributed by atoms with van der Waals surface area (Å²) in [4.78, 5) is 11.9. The minimum Gasteiger partial charge on any atom is -0.423 e. The molecule has 1 aromatic carbocycles. The number of anilines is 1. The Hall–Kier alpha value is -2.39. The smallest absolute Gasteiger partial charge is 0.328 e. The third-order valence-corrected chi connectivity index (χ3v) is 2.50. The highest BCUT2D eigenvalue weighted by Crippen LogP contribution is 2.23. The van der Waals surface area contributed by atoms with E-state index in [2.05, 4.69) is 20.3 Å². The van der Waals surface area contributed by atoms with Crippen LogP contribution in [0.4, 0.5) is 5.95 Å². The summed E-state index contributed by atoms with van der Waals surface area (Å²) in [6.45, 7) is 2.74. The maximum Gasteiger partial charge on any atom is 0.328 e. The van der Waals surface area contributed by atoms with E-state index in [1.807, 2.05) is 13.0 Å². The van der Waals surface area contributed by atoms with Crippen LogP contribution in [0.15, 0.2) is 24.3 Å². The van der Waals surface area contributed by atoms with Crippen molar-refractivity contribution in [3.63, 3.8) is 0 Å². The number of nitrogens with zero attached hydrogens (tertiary/aromatic N) is 4. The molecule has 1 N–H and O–H groups in total. The van der Waals surface area contributed by atoms with Gasteiger partial charge < -0.3 is 10.1 Å². The van der Waals surface area contributed by atoms with Crippen molar-refractivity contribution in [2.75, 3.05) is 11.9 Å². The molecule has 2 aromatic rings. The minimum atomic E-state index is 0.0306. The maximum atomic E-state index is 9.00. The van der Waals surface area contributed by atoms with Crippen LogP contribution in [0.25, 0.3) is 0 Å². The van der Waals surface area contributed by atoms with E-state index in [1.54, 1.807) is 24.3 Å². The Morgan fingerprint density at radius 3 is 2.85 bits per heavy atom. The summed E-state index contributed by atoms with van der Waals surface area (Å²) >= 11 is 5.82. The minimum absolute atomic E-state index is 0.0306. The lowest BCUT2D eigenvalue weighted by molar-refractivity contribution is 0.439. The van der Waals surface area contributed by atoms with Gasteiger partial charge in [0.2, 0.25) is 11.2 Å². The molecule has 0 saturated heterocycles. The fraction of sp³-hybridized carbons (Fsp3) is 0.231. The van der Waals surface area contributed by atoms with Gasteiger partial charge in [-0.3, -0.25) is 0 Å². The van der Waals surface area contributed by atoms with Crippen LogP contribution in [0.5, 0.6) is 11.8 Å². The van der Waals surface area contributed by atoms with Gasteiger partial charge in [-0.1, -0.05) is 19.1 Å². The molecule has 1 heterocycles. The van der Waals surface area contributed by atoms with Crippen molar-refractivity contribution >= 4 is 17.5 Å². The van der Waals surface area contributed by atoms with Crippen LogP contribution in [-0.4, -0.2) is 21.5 Å². The molecule has 102 valence electrons. The van der Waals surface area contributed by atoms with E-state index in [0.29, 0.717) is 23.8 Å². The Morgan fingerprint density at radius 1 is 1.30 bits per heavy atom. The van der Waals surface area contributed by atoms with Crippen LogP contribution in [0.3, 0.4) is 0 Å². The third-order valence-electron chi connectivity index (χ3n) is 2.33. The second kappa shape index (κ2) is 6.68. The summed E-state index contributed by atoms with van der Waals surface area (Å²) in [5, 5.41) is 12.0. The van der Waals surface area contributed by atoms with Crippen LogP contribution in [0.2, 0.25) is 5.28 Å². The molecule has 0 aliphatic carbocycles. The molecule has 0 amide bonds. The largest absolute Gasteiger partial charge is 0.423 e. The van der Waals surface area contributed by atoms with E-state index in [9.17, 15) is 0 Å². The van der Waals surface area contributed by atoms with E-state index in [-0.39, 0.29) is 11.3 Å². The molecule has 0 aliphatic rings. The second-order valence-electron chi connectivity index (χ2n) is 3.85. The molecule has 0 bridgehead atoms. The topological polar surface area (TPSA) is 83.7 Å². The van der Waals surface area contributed by atoms with Gasteiger partial charge in [0, 0.05) is 6.54 Å². The van der Waals surface area contributed by atoms with Crippen molar-refractivity contribution in [1.82, 2.24) is 15.0 Å². The molecule has 2 rings (SSSR count). The number of ether oxygens (including phenoxy) is 1. The molecule has 7 heteroatoms. The molecule has 0 saturated carbocycles. The first-order valence-corrected chi connectivity index (χ1v) is 6.43. The molecular weight excluding hydrogens is 278 g/mol. The predicted molar refractivity (Wildman–Crippen MR) is 74.8 cm³/mol. The van der Waals surface area contributed by atoms with Crippen molar-refractivity contribution in [3.8, 4) is 17.8 Å². The summed E-state index contributed by atoms with van der Waals surface area (Å²) in [6, 6.07) is 8.90. The molecule has 0 atom stereocenters. The van der Waals surface area contributed by atoms with Crippen LogP contribution < -0.4 is 10.1 Å². The van der Waals surface area contributed by atoms with Crippen molar-refractivity contribution in [2.24, 2.45) is 0 Å². The first-order chi connectivity index (χ1) is 9.72. The summed E-state index contributed by atoms with van der Waals surface area (Å²) < 4.78 is 5.49. The first-order valence-electron chi connectivity index (χ1n) is 6.05. The molecule has 0 radical (unpaired) electrons.